The van der Waals surface area contributed by atoms with Gasteiger partial charge in [0.25, 0.3) is 0 Å². The van der Waals surface area contributed by atoms with Gasteiger partial charge in [-0.3, -0.25) is 10.7 Å². The summed E-state index contributed by atoms with van der Waals surface area (Å²) in [6, 6.07) is 6.93. The Kier molecular flexibility index (Phi) is 12.2. The number of amides is 2. The fraction of sp³-hybridized carbons (Fsp3) is 0.375. The Bertz CT molecular complexity index is 959. The lowest BCUT2D eigenvalue weighted by Crippen LogP contribution is -2.29. The lowest BCUT2D eigenvalue weighted by Gasteiger charge is -2.13. The van der Waals surface area contributed by atoms with E-state index in [9.17, 15) is 9.90 Å². The molecule has 0 saturated carbocycles. The van der Waals surface area contributed by atoms with Crippen LogP contribution in [0.1, 0.15) is 48.7 Å². The van der Waals surface area contributed by atoms with Crippen LogP contribution in [0, 0.1) is 32.1 Å². The normalized spacial score (nSPS) is 10.0. The number of hydrogen-bond acceptors (Lipinski definition) is 7. The molecule has 0 fully saturated rings. The molecule has 0 bridgehead atoms. The summed E-state index contributed by atoms with van der Waals surface area (Å²) in [7, 11) is 1.33. The topological polar surface area (TPSA) is 154 Å². The Morgan fingerprint density at radius 3 is 2.27 bits per heavy atom. The molecule has 0 aliphatic carbocycles. The van der Waals surface area contributed by atoms with Crippen molar-refractivity contribution < 1.29 is 19.7 Å². The highest BCUT2D eigenvalue weighted by molar-refractivity contribution is 5.99. The van der Waals surface area contributed by atoms with Crippen molar-refractivity contribution in [3.63, 3.8) is 0 Å². The Morgan fingerprint density at radius 1 is 1.21 bits per heavy atom. The average molecular weight is 458 g/mol. The molecule has 180 valence electrons. The number of aliphatic hydroxyl groups excluding tert-OH is 1. The molecule has 7 N–H and O–H groups in total. The zero-order chi connectivity index (χ0) is 25.8. The van der Waals surface area contributed by atoms with Crippen molar-refractivity contribution in [1.29, 1.82) is 5.41 Å². The number of nitrogens with two attached hydrogens (primary N) is 1. The van der Waals surface area contributed by atoms with Gasteiger partial charge in [0, 0.05) is 18.3 Å². The van der Waals surface area contributed by atoms with E-state index in [4.69, 9.17) is 21.0 Å². The Hall–Kier alpha value is -3.61. The molecule has 0 aliphatic rings. The van der Waals surface area contributed by atoms with Crippen LogP contribution in [0.3, 0.4) is 0 Å². The maximum atomic E-state index is 12.1. The summed E-state index contributed by atoms with van der Waals surface area (Å²) in [5.74, 6) is -0.0263. The summed E-state index contributed by atoms with van der Waals surface area (Å²) in [6.45, 7) is 9.20. The first-order valence-corrected chi connectivity index (χ1v) is 10.1. The van der Waals surface area contributed by atoms with E-state index in [1.54, 1.807) is 20.8 Å². The van der Waals surface area contributed by atoms with Crippen molar-refractivity contribution in [2.45, 2.75) is 53.4 Å². The number of urea groups is 1. The molecular weight excluding hydrogens is 422 g/mol. The number of aromatic nitrogens is 1. The molecule has 2 rings (SSSR count). The zero-order valence-electron chi connectivity index (χ0n) is 20.1. The van der Waals surface area contributed by atoms with Crippen molar-refractivity contribution in [1.82, 2.24) is 10.3 Å². The number of anilines is 2. The second kappa shape index (κ2) is 13.7. The molecule has 9 heteroatoms. The lowest BCUT2D eigenvalue weighted by atomic mass is 10.1. The van der Waals surface area contributed by atoms with Crippen molar-refractivity contribution in [2.75, 3.05) is 18.2 Å². The van der Waals surface area contributed by atoms with E-state index in [0.717, 1.165) is 11.1 Å². The number of methoxy groups -OCH3 is 1. The van der Waals surface area contributed by atoms with Crippen molar-refractivity contribution in [3.05, 3.63) is 52.2 Å². The minimum atomic E-state index is -0.500. The number of hydrogen-bond donors (Lipinski definition) is 6. The van der Waals surface area contributed by atoms with Gasteiger partial charge in [-0.2, -0.15) is 0 Å². The standard InChI is InChI=1S/C18H23N5O3.C4H10O.C2H2/c1-10-4-5-12(6-11(10)2)8-21-18(25)23-15-7-13(19)16(17(20)26-3)14(9-24)22-15;1-4(2,3)5;1-2/h4-7,20,24H,8-9H2,1-3H3,(H4,19,21,22,23,25);5H,1-3H3;1-2H. The van der Waals surface area contributed by atoms with E-state index in [1.807, 2.05) is 32.0 Å². The molecular formula is C24H35N5O4. The summed E-state index contributed by atoms with van der Waals surface area (Å²) in [5, 5.41) is 31.0. The van der Waals surface area contributed by atoms with E-state index in [1.165, 1.54) is 18.7 Å². The second-order valence-electron chi connectivity index (χ2n) is 8.01. The molecule has 2 aromatic rings. The van der Waals surface area contributed by atoms with Crippen LogP contribution in [0.4, 0.5) is 16.3 Å². The number of ether oxygens (including phenoxy) is 1. The molecule has 1 aromatic carbocycles. The van der Waals surface area contributed by atoms with E-state index in [2.05, 4.69) is 28.5 Å². The number of nitrogens with zero attached hydrogens (tertiary/aromatic N) is 1. The SMILES string of the molecule is C#C.CC(C)(C)O.COC(=N)c1c(N)cc(NC(=O)NCc2ccc(C)c(C)c2)nc1CO. The van der Waals surface area contributed by atoms with Crippen LogP contribution in [-0.4, -0.2) is 39.8 Å². The number of pyridine rings is 1. The molecule has 2 amide bonds. The van der Waals surface area contributed by atoms with Crippen molar-refractivity contribution in [2.24, 2.45) is 0 Å². The number of nitrogens with one attached hydrogen (secondary N) is 3. The molecule has 0 radical (unpaired) electrons. The van der Waals surface area contributed by atoms with Crippen molar-refractivity contribution in [3.8, 4) is 12.8 Å². The summed E-state index contributed by atoms with van der Waals surface area (Å²) in [4.78, 5) is 16.2. The summed E-state index contributed by atoms with van der Waals surface area (Å²) in [6.07, 6.45) is 8.00. The third-order valence-electron chi connectivity index (χ3n) is 3.97. The summed E-state index contributed by atoms with van der Waals surface area (Å²) < 4.78 is 4.84. The predicted octanol–water partition coefficient (Wildman–Crippen LogP) is 3.09. The van der Waals surface area contributed by atoms with E-state index >= 15 is 0 Å². The van der Waals surface area contributed by atoms with Gasteiger partial charge in [0.05, 0.1) is 30.6 Å². The van der Waals surface area contributed by atoms with Gasteiger partial charge in [-0.15, -0.1) is 12.8 Å². The van der Waals surface area contributed by atoms with Gasteiger partial charge in [-0.1, -0.05) is 18.2 Å². The van der Waals surface area contributed by atoms with E-state index in [0.29, 0.717) is 6.54 Å². The number of aryl methyl sites for hydroxylation is 2. The number of benzene rings is 1. The number of nitrogen functional groups attached to an aromatic ring is 1. The summed E-state index contributed by atoms with van der Waals surface area (Å²) in [5.41, 5.74) is 9.27. The molecule has 0 saturated heterocycles. The molecule has 0 aliphatic heterocycles. The third-order valence-corrected chi connectivity index (χ3v) is 3.97. The monoisotopic (exact) mass is 457 g/mol. The van der Waals surface area contributed by atoms with Crippen LogP contribution in [0.25, 0.3) is 0 Å². The highest BCUT2D eigenvalue weighted by atomic mass is 16.5. The fourth-order valence-corrected chi connectivity index (χ4v) is 2.42. The highest BCUT2D eigenvalue weighted by Gasteiger charge is 2.16. The van der Waals surface area contributed by atoms with Gasteiger partial charge in [0.2, 0.25) is 5.90 Å². The fourth-order valence-electron chi connectivity index (χ4n) is 2.42. The minimum Gasteiger partial charge on any atom is -0.481 e. The number of carbonyl (C=O) groups is 1. The zero-order valence-corrected chi connectivity index (χ0v) is 20.1. The predicted molar refractivity (Wildman–Crippen MR) is 132 cm³/mol. The highest BCUT2D eigenvalue weighted by Crippen LogP contribution is 2.21. The quantitative estimate of drug-likeness (QED) is 0.230. The number of terminal acetylenes is 1. The van der Waals surface area contributed by atoms with Gasteiger partial charge in [-0.05, 0) is 51.3 Å². The minimum absolute atomic E-state index is 0.154. The molecule has 1 aromatic heterocycles. The van der Waals surface area contributed by atoms with Crippen LogP contribution in [0.5, 0.6) is 0 Å². The number of aliphatic hydroxyl groups is 2. The van der Waals surface area contributed by atoms with Crippen molar-refractivity contribution >= 4 is 23.4 Å². The molecule has 33 heavy (non-hydrogen) atoms. The number of carbonyl (C=O) groups excluding carboxylic acids is 1. The van der Waals surface area contributed by atoms with E-state index in [-0.39, 0.29) is 28.7 Å². The maximum Gasteiger partial charge on any atom is 0.320 e. The first-order valence-electron chi connectivity index (χ1n) is 10.1. The van der Waals surface area contributed by atoms with Gasteiger partial charge in [0.15, 0.2) is 0 Å². The first-order chi connectivity index (χ1) is 15.3. The molecule has 0 atom stereocenters. The average Bonchev–Trinajstić information content (AvgIpc) is 2.74. The van der Waals surface area contributed by atoms with Gasteiger partial charge >= 0.3 is 6.03 Å². The van der Waals surface area contributed by atoms with Gasteiger partial charge in [-0.25, -0.2) is 9.78 Å². The van der Waals surface area contributed by atoms with Crippen LogP contribution in [-0.2, 0) is 17.9 Å². The Morgan fingerprint density at radius 2 is 1.79 bits per heavy atom. The van der Waals surface area contributed by atoms with Gasteiger partial charge in [0.1, 0.15) is 5.82 Å². The van der Waals surface area contributed by atoms with Gasteiger partial charge < -0.3 is 26.0 Å². The lowest BCUT2D eigenvalue weighted by molar-refractivity contribution is 0.102. The van der Waals surface area contributed by atoms with Crippen LogP contribution in [0.2, 0.25) is 0 Å². The number of rotatable bonds is 5. The smallest absolute Gasteiger partial charge is 0.320 e. The molecule has 0 spiro atoms. The Balaban J connectivity index is 0.00000129. The Labute approximate surface area is 195 Å². The molecule has 9 nitrogen and oxygen atoms in total. The first kappa shape index (κ1) is 29.4. The maximum absolute atomic E-state index is 12.1. The third kappa shape index (κ3) is 11.0. The largest absolute Gasteiger partial charge is 0.481 e. The molecule has 0 unspecified atom stereocenters. The van der Waals surface area contributed by atoms with E-state index < -0.39 is 18.2 Å². The van der Waals surface area contributed by atoms with Crippen LogP contribution < -0.4 is 16.4 Å². The van der Waals surface area contributed by atoms with Crippen LogP contribution in [0.15, 0.2) is 24.3 Å². The second-order valence-corrected chi connectivity index (χ2v) is 8.01. The molecule has 1 heterocycles. The summed E-state index contributed by atoms with van der Waals surface area (Å²) >= 11 is 0. The van der Waals surface area contributed by atoms with Crippen LogP contribution >= 0.6 is 0 Å².